The molecule has 1 aliphatic heterocycles. The van der Waals surface area contributed by atoms with E-state index in [0.29, 0.717) is 24.1 Å². The van der Waals surface area contributed by atoms with Crippen LogP contribution in [0.4, 0.5) is 0 Å². The molecule has 2 aliphatic carbocycles. The largest absolute Gasteiger partial charge is 0.508 e. The molecule has 6 heteroatoms. The quantitative estimate of drug-likeness (QED) is 0.481. The molecule has 3 aliphatic rings. The van der Waals surface area contributed by atoms with Gasteiger partial charge in [0, 0.05) is 25.0 Å². The van der Waals surface area contributed by atoms with Crippen molar-refractivity contribution in [3.8, 4) is 5.75 Å². The van der Waals surface area contributed by atoms with E-state index in [-0.39, 0.29) is 18.6 Å². The van der Waals surface area contributed by atoms with Crippen molar-refractivity contribution >= 4 is 0 Å². The van der Waals surface area contributed by atoms with E-state index in [1.54, 1.807) is 20.3 Å². The van der Waals surface area contributed by atoms with Gasteiger partial charge in [0.15, 0.2) is 11.5 Å². The molecule has 0 spiro atoms. The minimum Gasteiger partial charge on any atom is -0.508 e. The summed E-state index contributed by atoms with van der Waals surface area (Å²) in [7, 11) is 5.60. The Morgan fingerprint density at radius 3 is 2.33 bits per heavy atom. The Balaban J connectivity index is 1.38. The maximum absolute atomic E-state index is 10.1. The van der Waals surface area contributed by atoms with Crippen molar-refractivity contribution in [2.24, 2.45) is 11.8 Å². The van der Waals surface area contributed by atoms with Gasteiger partial charge in [0.05, 0.1) is 20.8 Å². The number of nitrogens with zero attached hydrogens (tertiary/aromatic N) is 2. The van der Waals surface area contributed by atoms with Crippen LogP contribution >= 0.6 is 0 Å². The van der Waals surface area contributed by atoms with Gasteiger partial charge in [0.25, 0.3) is 0 Å². The molecule has 1 heterocycles. The first-order valence-corrected chi connectivity index (χ1v) is 14.4. The van der Waals surface area contributed by atoms with Crippen LogP contribution in [-0.2, 0) is 28.9 Å². The number of ether oxygens (including phenoxy) is 2. The minimum atomic E-state index is 0.0724. The summed E-state index contributed by atoms with van der Waals surface area (Å²) in [5.74, 6) is 3.15. The van der Waals surface area contributed by atoms with Crippen molar-refractivity contribution in [3.63, 3.8) is 0 Å². The summed E-state index contributed by atoms with van der Waals surface area (Å²) in [5, 5.41) is 20.1. The summed E-state index contributed by atoms with van der Waals surface area (Å²) in [5.41, 5.74) is 5.27. The fourth-order valence-electron chi connectivity index (χ4n) is 6.84. The molecule has 0 aromatic heterocycles. The molecule has 2 aromatic rings. The maximum Gasteiger partial charge on any atom is 0.158 e. The Morgan fingerprint density at radius 2 is 1.64 bits per heavy atom. The monoisotopic (exact) mass is 532 g/mol. The lowest BCUT2D eigenvalue weighted by molar-refractivity contribution is 0.106. The van der Waals surface area contributed by atoms with E-state index in [1.165, 1.54) is 35.1 Å². The van der Waals surface area contributed by atoms with E-state index in [4.69, 9.17) is 9.47 Å². The van der Waals surface area contributed by atoms with Crippen LogP contribution in [0.1, 0.15) is 47.4 Å². The van der Waals surface area contributed by atoms with Crippen LogP contribution < -0.4 is 0 Å². The number of aliphatic hydroxyl groups excluding tert-OH is 1. The summed E-state index contributed by atoms with van der Waals surface area (Å²) in [6.07, 6.45) is 9.83. The molecule has 0 radical (unpaired) electrons. The molecular formula is C33H44N2O4. The second kappa shape index (κ2) is 12.6. The highest BCUT2D eigenvalue weighted by Crippen LogP contribution is 2.40. The van der Waals surface area contributed by atoms with E-state index in [1.807, 2.05) is 6.07 Å². The predicted octanol–water partition coefficient (Wildman–Crippen LogP) is 4.86. The van der Waals surface area contributed by atoms with Gasteiger partial charge in [0.1, 0.15) is 5.75 Å². The number of benzene rings is 2. The number of hydrogen-bond acceptors (Lipinski definition) is 6. The predicted molar refractivity (Wildman–Crippen MR) is 154 cm³/mol. The molecule has 0 bridgehead atoms. The smallest absolute Gasteiger partial charge is 0.158 e. The van der Waals surface area contributed by atoms with Crippen LogP contribution in [0, 0.1) is 11.8 Å². The number of aryl methyl sites for hydroxylation is 1. The maximum atomic E-state index is 10.1. The van der Waals surface area contributed by atoms with Gasteiger partial charge < -0.3 is 24.6 Å². The number of fused-ring (bicyclic) bond motifs is 1. The van der Waals surface area contributed by atoms with Gasteiger partial charge in [0.2, 0.25) is 0 Å². The lowest BCUT2D eigenvalue weighted by atomic mass is 9.72. The van der Waals surface area contributed by atoms with E-state index in [2.05, 4.69) is 59.3 Å². The molecule has 5 rings (SSSR count). The number of likely N-dealkylation sites (tertiary alicyclic amines) is 1. The molecule has 0 amide bonds. The average Bonchev–Trinajstić information content (AvgIpc) is 2.97. The van der Waals surface area contributed by atoms with Gasteiger partial charge in [-0.15, -0.1) is 0 Å². The second-order valence-electron chi connectivity index (χ2n) is 11.5. The zero-order valence-corrected chi connectivity index (χ0v) is 23.7. The fourth-order valence-corrected chi connectivity index (χ4v) is 6.84. The number of phenols is 1. The van der Waals surface area contributed by atoms with Gasteiger partial charge in [-0.2, -0.15) is 0 Å². The van der Waals surface area contributed by atoms with Gasteiger partial charge in [-0.1, -0.05) is 30.3 Å². The van der Waals surface area contributed by atoms with Gasteiger partial charge in [-0.3, -0.25) is 4.90 Å². The Kier molecular flexibility index (Phi) is 8.96. The number of methoxy groups -OCH3 is 2. The first kappa shape index (κ1) is 27.8. The molecule has 2 unspecified atom stereocenters. The van der Waals surface area contributed by atoms with E-state index < -0.39 is 0 Å². The highest BCUT2D eigenvalue weighted by atomic mass is 16.5. The van der Waals surface area contributed by atoms with Crippen molar-refractivity contribution in [2.75, 3.05) is 47.5 Å². The van der Waals surface area contributed by atoms with E-state index >= 15 is 0 Å². The van der Waals surface area contributed by atoms with Crippen LogP contribution in [0.15, 0.2) is 66.1 Å². The zero-order valence-electron chi connectivity index (χ0n) is 23.7. The van der Waals surface area contributed by atoms with Crippen LogP contribution in [0.3, 0.4) is 0 Å². The summed E-state index contributed by atoms with van der Waals surface area (Å²) >= 11 is 0. The van der Waals surface area contributed by atoms with Gasteiger partial charge in [-0.25, -0.2) is 0 Å². The summed E-state index contributed by atoms with van der Waals surface area (Å²) < 4.78 is 11.5. The lowest BCUT2D eigenvalue weighted by Crippen LogP contribution is -2.45. The van der Waals surface area contributed by atoms with Crippen LogP contribution in [0.2, 0.25) is 0 Å². The third-order valence-corrected chi connectivity index (χ3v) is 9.11. The van der Waals surface area contributed by atoms with Crippen molar-refractivity contribution in [1.82, 2.24) is 9.80 Å². The number of hydrogen-bond donors (Lipinski definition) is 2. The first-order chi connectivity index (χ1) is 19.0. The normalized spacial score (nSPS) is 24.2. The molecule has 3 atom stereocenters. The molecule has 0 saturated carbocycles. The fraction of sp³-hybridized carbons (Fsp3) is 0.515. The number of piperidine rings is 1. The SMILES string of the molecule is COC1=CC([C@@H]2CCc3cc(O)ccc3C2)C(N(CCO)Cc2ccc(C3CCN(C)CC3)cc2)C=C1OC. The molecule has 6 nitrogen and oxygen atoms in total. The molecule has 2 N–H and O–H groups in total. The van der Waals surface area contributed by atoms with Crippen LogP contribution in [-0.4, -0.2) is 73.6 Å². The molecule has 39 heavy (non-hydrogen) atoms. The summed E-state index contributed by atoms with van der Waals surface area (Å²) in [4.78, 5) is 4.81. The molecule has 2 aromatic carbocycles. The Hall–Kier alpha value is -2.80. The summed E-state index contributed by atoms with van der Waals surface area (Å²) in [6.45, 7) is 3.77. The molecule has 1 saturated heterocycles. The molecule has 1 fully saturated rings. The summed E-state index contributed by atoms with van der Waals surface area (Å²) in [6, 6.07) is 15.0. The van der Waals surface area contributed by atoms with E-state index in [9.17, 15) is 10.2 Å². The van der Waals surface area contributed by atoms with Crippen molar-refractivity contribution in [3.05, 3.63) is 88.4 Å². The van der Waals surface area contributed by atoms with Gasteiger partial charge in [-0.05, 0) is 111 Å². The zero-order chi connectivity index (χ0) is 27.4. The lowest BCUT2D eigenvalue weighted by Gasteiger charge is -2.41. The number of aliphatic hydroxyl groups is 1. The Labute approximate surface area is 233 Å². The molecular weight excluding hydrogens is 488 g/mol. The van der Waals surface area contributed by atoms with Crippen molar-refractivity contribution in [1.29, 1.82) is 0 Å². The molecule has 210 valence electrons. The highest BCUT2D eigenvalue weighted by molar-refractivity contribution is 5.38. The first-order valence-electron chi connectivity index (χ1n) is 14.4. The number of aromatic hydroxyl groups is 1. The highest BCUT2D eigenvalue weighted by Gasteiger charge is 2.37. The topological polar surface area (TPSA) is 65.4 Å². The number of phenolic OH excluding ortho intramolecular Hbond substituents is 1. The Morgan fingerprint density at radius 1 is 0.923 bits per heavy atom. The average molecular weight is 533 g/mol. The van der Waals surface area contributed by atoms with E-state index in [0.717, 1.165) is 50.4 Å². The number of rotatable bonds is 9. The van der Waals surface area contributed by atoms with Gasteiger partial charge >= 0.3 is 0 Å². The van der Waals surface area contributed by atoms with Crippen molar-refractivity contribution < 1.29 is 19.7 Å². The standard InChI is InChI=1S/C33H44N2O4/c1-34-14-12-25(13-15-34)24-6-4-23(5-7-24)22-35(16-17-36)31-21-33(39-3)32(38-2)20-30(31)28-9-8-27-19-29(37)11-10-26(27)18-28/h4-7,10-11,19-21,25,28,30-31,36-37H,8-9,12-18,22H2,1-3H3/t28-,30?,31?/m1/s1. The third kappa shape index (κ3) is 6.34. The van der Waals surface area contributed by atoms with Crippen LogP contribution in [0.25, 0.3) is 0 Å². The van der Waals surface area contributed by atoms with Crippen LogP contribution in [0.5, 0.6) is 5.75 Å². The third-order valence-electron chi connectivity index (χ3n) is 9.11. The minimum absolute atomic E-state index is 0.0724. The second-order valence-corrected chi connectivity index (χ2v) is 11.5. The Bertz CT molecular complexity index is 1170. The van der Waals surface area contributed by atoms with Crippen molar-refractivity contribution in [2.45, 2.75) is 50.6 Å².